The van der Waals surface area contributed by atoms with Crippen LogP contribution in [0, 0.1) is 0 Å². The number of nitrogens with one attached hydrogen (secondary N) is 1. The third-order valence-corrected chi connectivity index (χ3v) is 7.73. The topological polar surface area (TPSA) is 143 Å². The molecule has 41 heavy (non-hydrogen) atoms. The summed E-state index contributed by atoms with van der Waals surface area (Å²) in [5.41, 5.74) is 1.82. The van der Waals surface area contributed by atoms with E-state index in [1.807, 2.05) is 12.1 Å². The van der Waals surface area contributed by atoms with Crippen molar-refractivity contribution in [3.05, 3.63) is 79.9 Å². The lowest BCUT2D eigenvalue weighted by atomic mass is 10.2. The zero-order valence-corrected chi connectivity index (χ0v) is 23.4. The van der Waals surface area contributed by atoms with Gasteiger partial charge in [-0.1, -0.05) is 21.9 Å². The summed E-state index contributed by atoms with van der Waals surface area (Å²) in [6.07, 6.45) is 4.38. The molecule has 15 heteroatoms. The van der Waals surface area contributed by atoms with Crippen molar-refractivity contribution in [3.63, 3.8) is 0 Å². The molecule has 5 aromatic rings. The van der Waals surface area contributed by atoms with Gasteiger partial charge in [0, 0.05) is 41.4 Å². The van der Waals surface area contributed by atoms with Crippen molar-refractivity contribution in [2.45, 2.75) is 13.1 Å². The van der Waals surface area contributed by atoms with E-state index in [9.17, 15) is 9.59 Å². The Kier molecular flexibility index (Phi) is 7.59. The Morgan fingerprint density at radius 3 is 2.73 bits per heavy atom. The molecule has 0 amide bonds. The maximum Gasteiger partial charge on any atom is 0.318 e. The molecule has 0 atom stereocenters. The van der Waals surface area contributed by atoms with Crippen LogP contribution in [-0.4, -0.2) is 64.0 Å². The van der Waals surface area contributed by atoms with E-state index in [1.54, 1.807) is 12.1 Å². The van der Waals surface area contributed by atoms with Crippen molar-refractivity contribution in [1.29, 1.82) is 0 Å². The first kappa shape index (κ1) is 26.8. The van der Waals surface area contributed by atoms with Gasteiger partial charge in [-0.3, -0.25) is 9.59 Å². The zero-order chi connectivity index (χ0) is 28.3. The molecule has 1 N–H and O–H groups in total. The predicted molar refractivity (Wildman–Crippen MR) is 150 cm³/mol. The molecule has 212 valence electrons. The van der Waals surface area contributed by atoms with Crippen molar-refractivity contribution in [1.82, 2.24) is 24.7 Å². The van der Waals surface area contributed by atoms with Crippen LogP contribution in [0.3, 0.4) is 0 Å². The number of halogens is 1. The van der Waals surface area contributed by atoms with E-state index in [1.165, 1.54) is 47.7 Å². The maximum absolute atomic E-state index is 13.6. The van der Waals surface area contributed by atoms with Gasteiger partial charge < -0.3 is 33.3 Å². The summed E-state index contributed by atoms with van der Waals surface area (Å²) in [4.78, 5) is 30.1. The first-order valence-corrected chi connectivity index (χ1v) is 13.8. The van der Waals surface area contributed by atoms with E-state index in [4.69, 9.17) is 30.1 Å². The van der Waals surface area contributed by atoms with Gasteiger partial charge in [0.25, 0.3) is 5.56 Å². The fraction of sp³-hybridized carbons (Fsp3) is 0.269. The molecule has 6 rings (SSSR count). The molecule has 0 aliphatic carbocycles. The van der Waals surface area contributed by atoms with Crippen LogP contribution in [-0.2, 0) is 17.8 Å². The van der Waals surface area contributed by atoms with E-state index in [2.05, 4.69) is 25.6 Å². The normalized spacial score (nSPS) is 13.5. The van der Waals surface area contributed by atoms with Crippen molar-refractivity contribution >= 4 is 40.4 Å². The second kappa shape index (κ2) is 11.6. The third kappa shape index (κ3) is 5.49. The highest BCUT2D eigenvalue weighted by atomic mass is 35.5. The number of nitrogens with zero attached hydrogens (tertiary/aromatic N) is 6. The summed E-state index contributed by atoms with van der Waals surface area (Å²) >= 11 is 7.53. The Morgan fingerprint density at radius 1 is 1.20 bits per heavy atom. The summed E-state index contributed by atoms with van der Waals surface area (Å²) in [6.45, 7) is 2.83. The molecule has 1 fully saturated rings. The number of pyridine rings is 1. The Hall–Kier alpha value is -4.40. The van der Waals surface area contributed by atoms with Gasteiger partial charge in [-0.05, 0) is 18.2 Å². The number of methoxy groups -OCH3 is 1. The molecule has 0 radical (unpaired) electrons. The van der Waals surface area contributed by atoms with Gasteiger partial charge in [0.1, 0.15) is 6.26 Å². The van der Waals surface area contributed by atoms with Gasteiger partial charge in [0.05, 0.1) is 55.8 Å². The van der Waals surface area contributed by atoms with E-state index in [-0.39, 0.29) is 35.1 Å². The first-order valence-electron chi connectivity index (χ1n) is 12.6. The molecule has 1 saturated heterocycles. The SMILES string of the molecule is COc1c(-c2cc(N3CCOCC3)cc(=O)n2Cc2cnoc2)nn(C(=O)c2ccno2)c1NCc1ccc(Cl)s1. The zero-order valence-electron chi connectivity index (χ0n) is 21.8. The Labute approximate surface area is 241 Å². The van der Waals surface area contributed by atoms with Crippen molar-refractivity contribution in [3.8, 4) is 17.1 Å². The minimum atomic E-state index is -0.573. The molecule has 0 spiro atoms. The van der Waals surface area contributed by atoms with E-state index >= 15 is 0 Å². The van der Waals surface area contributed by atoms with Crippen LogP contribution < -0.4 is 20.5 Å². The second-order valence-corrected chi connectivity index (χ2v) is 10.8. The summed E-state index contributed by atoms with van der Waals surface area (Å²) in [7, 11) is 1.48. The lowest BCUT2D eigenvalue weighted by Crippen LogP contribution is -2.37. The highest BCUT2D eigenvalue weighted by Crippen LogP contribution is 2.38. The summed E-state index contributed by atoms with van der Waals surface area (Å²) in [6, 6.07) is 8.56. The number of carbonyl (C=O) groups is 1. The molecule has 6 heterocycles. The molecule has 0 unspecified atom stereocenters. The van der Waals surface area contributed by atoms with E-state index in [0.717, 1.165) is 9.56 Å². The number of ether oxygens (including phenoxy) is 2. The minimum absolute atomic E-state index is 0.0205. The fourth-order valence-electron chi connectivity index (χ4n) is 4.55. The van der Waals surface area contributed by atoms with Crippen LogP contribution >= 0.6 is 22.9 Å². The monoisotopic (exact) mass is 597 g/mol. The largest absolute Gasteiger partial charge is 0.491 e. The number of hydrogen-bond donors (Lipinski definition) is 1. The van der Waals surface area contributed by atoms with Gasteiger partial charge in [-0.25, -0.2) is 0 Å². The molecule has 0 saturated carbocycles. The number of aromatic nitrogens is 5. The first-order chi connectivity index (χ1) is 20.0. The van der Waals surface area contributed by atoms with Crippen molar-refractivity contribution in [2.75, 3.05) is 43.6 Å². The van der Waals surface area contributed by atoms with Crippen molar-refractivity contribution < 1.29 is 23.3 Å². The number of hydrogen-bond acceptors (Lipinski definition) is 12. The Balaban J connectivity index is 1.51. The maximum atomic E-state index is 13.6. The average Bonchev–Trinajstić information content (AvgIpc) is 3.81. The molecule has 1 aliphatic heterocycles. The van der Waals surface area contributed by atoms with Gasteiger partial charge in [0.15, 0.2) is 17.3 Å². The number of morpholine rings is 1. The lowest BCUT2D eigenvalue weighted by molar-refractivity contribution is 0.0910. The molecule has 0 aromatic carbocycles. The Bertz CT molecular complexity index is 1700. The van der Waals surface area contributed by atoms with Crippen LogP contribution in [0.1, 0.15) is 21.0 Å². The quantitative estimate of drug-likeness (QED) is 0.266. The number of rotatable bonds is 9. The van der Waals surface area contributed by atoms with Crippen LogP contribution in [0.4, 0.5) is 11.5 Å². The molecule has 13 nitrogen and oxygen atoms in total. The number of thiophene rings is 1. The van der Waals surface area contributed by atoms with Crippen LogP contribution in [0.25, 0.3) is 11.4 Å². The number of anilines is 2. The van der Waals surface area contributed by atoms with Crippen LogP contribution in [0.15, 0.2) is 62.8 Å². The highest BCUT2D eigenvalue weighted by Gasteiger charge is 2.29. The smallest absolute Gasteiger partial charge is 0.318 e. The minimum Gasteiger partial charge on any atom is -0.491 e. The van der Waals surface area contributed by atoms with Gasteiger partial charge in [-0.2, -0.15) is 9.78 Å². The molecule has 0 bridgehead atoms. The van der Waals surface area contributed by atoms with Gasteiger partial charge in [-0.15, -0.1) is 11.3 Å². The highest BCUT2D eigenvalue weighted by molar-refractivity contribution is 7.16. The number of carbonyl (C=O) groups excluding carboxylic acids is 1. The van der Waals surface area contributed by atoms with E-state index < -0.39 is 5.91 Å². The van der Waals surface area contributed by atoms with Crippen molar-refractivity contribution in [2.24, 2.45) is 0 Å². The van der Waals surface area contributed by atoms with Gasteiger partial charge in [0.2, 0.25) is 5.76 Å². The summed E-state index contributed by atoms with van der Waals surface area (Å²) < 4.78 is 24.8. The van der Waals surface area contributed by atoms with Crippen LogP contribution in [0.5, 0.6) is 5.75 Å². The molecular weight excluding hydrogens is 574 g/mol. The van der Waals surface area contributed by atoms with Crippen LogP contribution in [0.2, 0.25) is 4.34 Å². The summed E-state index contributed by atoms with van der Waals surface area (Å²) in [5.74, 6) is -0.0591. The molecule has 1 aliphatic rings. The standard InChI is InChI=1S/C26H24ClN7O6S/c1-37-24-23(31-34(26(36)20-4-5-29-40-20)25(24)28-13-18-2-3-21(27)41-18)19-10-17(32-6-8-38-9-7-32)11-22(35)33(19)14-16-12-30-39-15-16/h2-5,10-12,15,28H,6-9,13-14H2,1H3. The fourth-order valence-corrected chi connectivity index (χ4v) is 5.58. The predicted octanol–water partition coefficient (Wildman–Crippen LogP) is 3.60. The molecular formula is C26H24ClN7O6S. The van der Waals surface area contributed by atoms with E-state index in [0.29, 0.717) is 54.1 Å². The molecule has 5 aromatic heterocycles. The summed E-state index contributed by atoms with van der Waals surface area (Å²) in [5, 5.41) is 15.3. The second-order valence-electron chi connectivity index (χ2n) is 9.04. The average molecular weight is 598 g/mol. The Morgan fingerprint density at radius 2 is 2.05 bits per heavy atom. The van der Waals surface area contributed by atoms with Gasteiger partial charge >= 0.3 is 5.91 Å². The third-order valence-electron chi connectivity index (χ3n) is 6.50. The lowest BCUT2D eigenvalue weighted by Gasteiger charge is -2.29.